The lowest BCUT2D eigenvalue weighted by molar-refractivity contribution is 0.422. The number of hydrogen-bond donors (Lipinski definition) is 2. The zero-order valence-corrected chi connectivity index (χ0v) is 15.6. The third-order valence-electron chi connectivity index (χ3n) is 4.51. The van der Waals surface area contributed by atoms with Gasteiger partial charge in [0.15, 0.2) is 9.84 Å². The topological polar surface area (TPSA) is 74.3 Å². The molecule has 2 heterocycles. The first-order valence-electron chi connectivity index (χ1n) is 8.09. The second-order valence-electron chi connectivity index (χ2n) is 6.71. The molecule has 6 nitrogen and oxygen atoms in total. The van der Waals surface area contributed by atoms with Gasteiger partial charge in [-0.3, -0.25) is 0 Å². The summed E-state index contributed by atoms with van der Waals surface area (Å²) in [6, 6.07) is 7.36. The van der Waals surface area contributed by atoms with Gasteiger partial charge in [-0.25, -0.2) is 18.4 Å². The average molecular weight is 379 g/mol. The van der Waals surface area contributed by atoms with Crippen molar-refractivity contribution in [1.82, 2.24) is 9.99 Å². The largest absolute Gasteiger partial charge is 0.354 e. The predicted octanol–water partition coefficient (Wildman–Crippen LogP) is 3.53. The Hall–Kier alpha value is -1.83. The molecule has 0 atom stereocenters. The number of hydrogen-bond acceptors (Lipinski definition) is 6. The fraction of sp³-hybridized carbons (Fsp3) is 0.353. The number of anilines is 3. The number of aromatic nitrogens is 1. The fourth-order valence-electron chi connectivity index (χ4n) is 3.13. The van der Waals surface area contributed by atoms with E-state index in [2.05, 4.69) is 15.7 Å². The van der Waals surface area contributed by atoms with Gasteiger partial charge in [0.25, 0.3) is 0 Å². The molecule has 0 spiro atoms. The van der Waals surface area contributed by atoms with Crippen molar-refractivity contribution in [3.63, 3.8) is 0 Å². The van der Waals surface area contributed by atoms with Crippen molar-refractivity contribution in [1.29, 1.82) is 0 Å². The monoisotopic (exact) mass is 378 g/mol. The zero-order chi connectivity index (χ0) is 17.8. The van der Waals surface area contributed by atoms with Crippen molar-refractivity contribution in [2.24, 2.45) is 0 Å². The van der Waals surface area contributed by atoms with Gasteiger partial charge in [-0.1, -0.05) is 17.7 Å². The van der Waals surface area contributed by atoms with Gasteiger partial charge in [-0.15, -0.1) is 0 Å². The highest BCUT2D eigenvalue weighted by molar-refractivity contribution is 7.90. The molecule has 2 N–H and O–H groups in total. The highest BCUT2D eigenvalue weighted by atomic mass is 35.5. The van der Waals surface area contributed by atoms with E-state index in [-0.39, 0.29) is 0 Å². The number of fused-ring (bicyclic) bond motifs is 1. The van der Waals surface area contributed by atoms with E-state index < -0.39 is 9.84 Å². The van der Waals surface area contributed by atoms with E-state index in [1.54, 1.807) is 12.1 Å². The van der Waals surface area contributed by atoms with Crippen LogP contribution in [0.1, 0.15) is 29.9 Å². The van der Waals surface area contributed by atoms with Crippen molar-refractivity contribution in [3.05, 3.63) is 40.5 Å². The summed E-state index contributed by atoms with van der Waals surface area (Å²) in [7, 11) is -1.45. The summed E-state index contributed by atoms with van der Waals surface area (Å²) in [5, 5.41) is 5.50. The number of nitrogens with zero attached hydrogens (tertiary/aromatic N) is 2. The average Bonchev–Trinajstić information content (AvgIpc) is 3.29. The Balaban J connectivity index is 1.77. The third kappa shape index (κ3) is 3.31. The first kappa shape index (κ1) is 16.6. The summed E-state index contributed by atoms with van der Waals surface area (Å²) in [6.07, 6.45) is 3.49. The van der Waals surface area contributed by atoms with Crippen LogP contribution in [-0.4, -0.2) is 31.7 Å². The van der Waals surface area contributed by atoms with Crippen LogP contribution in [0.4, 0.5) is 17.2 Å². The van der Waals surface area contributed by atoms with Crippen LogP contribution < -0.4 is 10.7 Å². The molecule has 25 heavy (non-hydrogen) atoms. The molecule has 2 aliphatic rings. The van der Waals surface area contributed by atoms with Crippen LogP contribution in [0.2, 0.25) is 5.15 Å². The molecule has 1 saturated carbocycles. The van der Waals surface area contributed by atoms with Gasteiger partial charge < -0.3 is 10.7 Å². The Morgan fingerprint density at radius 2 is 2.04 bits per heavy atom. The summed E-state index contributed by atoms with van der Waals surface area (Å²) in [4.78, 5) is 4.60. The molecule has 132 valence electrons. The molecule has 1 aliphatic carbocycles. The van der Waals surface area contributed by atoms with E-state index >= 15 is 0 Å². The predicted molar refractivity (Wildman–Crippen MR) is 99.1 cm³/mol. The molecule has 4 rings (SSSR count). The van der Waals surface area contributed by atoms with Gasteiger partial charge in [0.2, 0.25) is 0 Å². The van der Waals surface area contributed by atoms with Gasteiger partial charge in [-0.2, -0.15) is 0 Å². The molecule has 0 saturated heterocycles. The van der Waals surface area contributed by atoms with Crippen molar-refractivity contribution < 1.29 is 8.42 Å². The molecule has 1 aromatic carbocycles. The lowest BCUT2D eigenvalue weighted by Crippen LogP contribution is -2.17. The highest BCUT2D eigenvalue weighted by Gasteiger charge is 2.27. The summed E-state index contributed by atoms with van der Waals surface area (Å²) >= 11 is 6.12. The first-order chi connectivity index (χ1) is 11.8. The molecule has 0 amide bonds. The Bertz CT molecular complexity index is 957. The van der Waals surface area contributed by atoms with Crippen LogP contribution in [0, 0.1) is 0 Å². The molecular weight excluding hydrogens is 360 g/mol. The van der Waals surface area contributed by atoms with Crippen LogP contribution in [-0.2, 0) is 16.4 Å². The highest BCUT2D eigenvalue weighted by Crippen LogP contribution is 2.42. The summed E-state index contributed by atoms with van der Waals surface area (Å²) in [5.74, 6) is 1.18. The lowest BCUT2D eigenvalue weighted by Gasteiger charge is -2.15. The minimum absolute atomic E-state index is 0.317. The Kier molecular flexibility index (Phi) is 3.90. The minimum Gasteiger partial charge on any atom is -0.354 e. The maximum atomic E-state index is 12.3. The van der Waals surface area contributed by atoms with Gasteiger partial charge in [0.1, 0.15) is 11.0 Å². The Morgan fingerprint density at radius 1 is 1.28 bits per heavy atom. The molecule has 1 aromatic heterocycles. The molecular formula is C17H19ClN4O2S. The lowest BCUT2D eigenvalue weighted by atomic mass is 10.1. The van der Waals surface area contributed by atoms with E-state index in [9.17, 15) is 8.42 Å². The SMILES string of the molecule is CN1Cc2c(Nc3ccc(C4CC4)cc3S(C)(=O)=O)cc(Cl)nc2N1. The van der Waals surface area contributed by atoms with Crippen molar-refractivity contribution in [2.45, 2.75) is 30.2 Å². The zero-order valence-electron chi connectivity index (χ0n) is 14.0. The Morgan fingerprint density at radius 3 is 2.72 bits per heavy atom. The first-order valence-corrected chi connectivity index (χ1v) is 10.4. The van der Waals surface area contributed by atoms with Crippen molar-refractivity contribution in [2.75, 3.05) is 24.0 Å². The molecule has 1 aliphatic heterocycles. The Labute approximate surface area is 152 Å². The fourth-order valence-corrected chi connectivity index (χ4v) is 4.19. The summed E-state index contributed by atoms with van der Waals surface area (Å²) in [5.41, 5.74) is 6.49. The van der Waals surface area contributed by atoms with Gasteiger partial charge in [0.05, 0.1) is 10.6 Å². The van der Waals surface area contributed by atoms with Crippen LogP contribution in [0.15, 0.2) is 29.2 Å². The normalized spacial score (nSPS) is 17.2. The van der Waals surface area contributed by atoms with E-state index in [0.29, 0.717) is 34.0 Å². The maximum absolute atomic E-state index is 12.3. The van der Waals surface area contributed by atoms with Crippen LogP contribution >= 0.6 is 11.6 Å². The van der Waals surface area contributed by atoms with E-state index in [1.807, 2.05) is 24.2 Å². The second-order valence-corrected chi connectivity index (χ2v) is 9.09. The van der Waals surface area contributed by atoms with E-state index in [1.165, 1.54) is 6.26 Å². The van der Waals surface area contributed by atoms with Crippen LogP contribution in [0.5, 0.6) is 0 Å². The van der Waals surface area contributed by atoms with Crippen LogP contribution in [0.25, 0.3) is 0 Å². The van der Waals surface area contributed by atoms with Crippen LogP contribution in [0.3, 0.4) is 0 Å². The number of halogens is 1. The van der Waals surface area contributed by atoms with Crippen molar-refractivity contribution in [3.8, 4) is 0 Å². The molecule has 8 heteroatoms. The molecule has 1 fully saturated rings. The van der Waals surface area contributed by atoms with E-state index in [0.717, 1.165) is 29.7 Å². The maximum Gasteiger partial charge on any atom is 0.177 e. The number of benzene rings is 1. The van der Waals surface area contributed by atoms with E-state index in [4.69, 9.17) is 11.6 Å². The number of sulfone groups is 1. The number of nitrogens with one attached hydrogen (secondary N) is 2. The van der Waals surface area contributed by atoms with Gasteiger partial charge >= 0.3 is 0 Å². The molecule has 2 aromatic rings. The molecule has 0 radical (unpaired) electrons. The standard InChI is InChI=1S/C17H19ClN4O2S/c1-22-9-12-14(8-16(18)20-17(12)21-22)19-13-6-5-11(10-3-4-10)7-15(13)25(2,23)24/h5-8,10H,3-4,9H2,1-2H3,(H2,19,20,21). The molecule has 0 bridgehead atoms. The minimum atomic E-state index is -3.35. The number of pyridine rings is 1. The number of hydrazine groups is 1. The summed E-state index contributed by atoms with van der Waals surface area (Å²) < 4.78 is 24.6. The summed E-state index contributed by atoms with van der Waals surface area (Å²) in [6.45, 7) is 0.649. The quantitative estimate of drug-likeness (QED) is 0.793. The second kappa shape index (κ2) is 5.86. The van der Waals surface area contributed by atoms with Gasteiger partial charge in [-0.05, 0) is 42.5 Å². The molecule has 0 unspecified atom stereocenters. The number of rotatable bonds is 4. The smallest absolute Gasteiger partial charge is 0.177 e. The van der Waals surface area contributed by atoms with Gasteiger partial charge in [0, 0.05) is 31.1 Å². The van der Waals surface area contributed by atoms with Crippen molar-refractivity contribution >= 4 is 38.6 Å². The third-order valence-corrected chi connectivity index (χ3v) is 5.84.